The van der Waals surface area contributed by atoms with Crippen molar-refractivity contribution in [2.45, 2.75) is 6.54 Å². The zero-order valence-corrected chi connectivity index (χ0v) is 11.2. The number of hydrogen-bond acceptors (Lipinski definition) is 2. The maximum absolute atomic E-state index is 11.8. The van der Waals surface area contributed by atoms with E-state index in [0.29, 0.717) is 17.4 Å². The molecule has 0 saturated heterocycles. The Balaban J connectivity index is 1.95. The molecule has 2 aromatic rings. The van der Waals surface area contributed by atoms with Gasteiger partial charge in [-0.05, 0) is 29.8 Å². The van der Waals surface area contributed by atoms with Gasteiger partial charge in [-0.3, -0.25) is 9.36 Å². The minimum absolute atomic E-state index is 0.139. The fourth-order valence-corrected chi connectivity index (χ4v) is 2.09. The van der Waals surface area contributed by atoms with Crippen molar-refractivity contribution in [2.75, 3.05) is 0 Å². The van der Waals surface area contributed by atoms with Crippen molar-refractivity contribution in [1.29, 1.82) is 0 Å². The van der Waals surface area contributed by atoms with E-state index >= 15 is 0 Å². The summed E-state index contributed by atoms with van der Waals surface area (Å²) in [5.41, 5.74) is 1.50. The van der Waals surface area contributed by atoms with Gasteiger partial charge in [-0.2, -0.15) is 0 Å². The molecule has 1 atom stereocenters. The molecule has 1 unspecified atom stereocenters. The van der Waals surface area contributed by atoms with Gasteiger partial charge in [0.25, 0.3) is 5.91 Å². The van der Waals surface area contributed by atoms with Crippen LogP contribution < -0.4 is 10.6 Å². The number of carbonyl (C=O) groups is 1. The third-order valence-electron chi connectivity index (χ3n) is 2.69. The SMILES string of the molecule is O=C(NCc1ccc([PH](=O)O)cc1)c1ccccc1. The highest BCUT2D eigenvalue weighted by molar-refractivity contribution is 7.47. The molecule has 0 fully saturated rings. The van der Waals surface area contributed by atoms with Crippen LogP contribution in [0.25, 0.3) is 0 Å². The van der Waals surface area contributed by atoms with Gasteiger partial charge >= 0.3 is 0 Å². The molecule has 19 heavy (non-hydrogen) atoms. The lowest BCUT2D eigenvalue weighted by molar-refractivity contribution is 0.0951. The van der Waals surface area contributed by atoms with Gasteiger partial charge in [-0.15, -0.1) is 0 Å². The maximum Gasteiger partial charge on any atom is 0.251 e. The second-order valence-corrected chi connectivity index (χ2v) is 5.24. The summed E-state index contributed by atoms with van der Waals surface area (Å²) in [6.45, 7) is 0.389. The van der Waals surface area contributed by atoms with Gasteiger partial charge in [0.2, 0.25) is 8.03 Å². The van der Waals surface area contributed by atoms with Gasteiger partial charge in [0.1, 0.15) is 0 Å². The second kappa shape index (κ2) is 6.32. The molecule has 2 N–H and O–H groups in total. The number of carbonyl (C=O) groups excluding carboxylic acids is 1. The smallest absolute Gasteiger partial charge is 0.251 e. The van der Waals surface area contributed by atoms with E-state index in [1.54, 1.807) is 36.4 Å². The van der Waals surface area contributed by atoms with Crippen LogP contribution in [0.4, 0.5) is 0 Å². The number of amides is 1. The first-order valence-corrected chi connectivity index (χ1v) is 7.18. The van der Waals surface area contributed by atoms with Crippen LogP contribution in [0, 0.1) is 0 Å². The summed E-state index contributed by atoms with van der Waals surface area (Å²) in [4.78, 5) is 20.8. The first kappa shape index (κ1) is 13.5. The lowest BCUT2D eigenvalue weighted by Gasteiger charge is -2.05. The van der Waals surface area contributed by atoms with Crippen molar-refractivity contribution in [1.82, 2.24) is 5.32 Å². The molecule has 1 amide bonds. The van der Waals surface area contributed by atoms with Crippen molar-refractivity contribution in [3.05, 3.63) is 65.7 Å². The minimum atomic E-state index is -2.64. The molecule has 98 valence electrons. The molecular formula is C14H14NO3P. The Labute approximate surface area is 112 Å². The molecule has 0 aromatic heterocycles. The van der Waals surface area contributed by atoms with E-state index < -0.39 is 8.03 Å². The third kappa shape index (κ3) is 3.78. The molecule has 2 rings (SSSR count). The van der Waals surface area contributed by atoms with Gasteiger partial charge in [0.15, 0.2) is 0 Å². The van der Waals surface area contributed by atoms with Crippen LogP contribution in [0.2, 0.25) is 0 Å². The summed E-state index contributed by atoms with van der Waals surface area (Å²) in [5, 5.41) is 3.21. The Morgan fingerprint density at radius 3 is 2.26 bits per heavy atom. The summed E-state index contributed by atoms with van der Waals surface area (Å²) in [5.74, 6) is -0.139. The predicted octanol–water partition coefficient (Wildman–Crippen LogP) is 1.71. The Morgan fingerprint density at radius 2 is 1.68 bits per heavy atom. The Morgan fingerprint density at radius 1 is 1.05 bits per heavy atom. The maximum atomic E-state index is 11.8. The lowest BCUT2D eigenvalue weighted by Crippen LogP contribution is -2.22. The van der Waals surface area contributed by atoms with Gasteiger partial charge in [0.05, 0.1) is 0 Å². The van der Waals surface area contributed by atoms with Crippen molar-refractivity contribution >= 4 is 19.2 Å². The van der Waals surface area contributed by atoms with E-state index in [0.717, 1.165) is 5.56 Å². The van der Waals surface area contributed by atoms with Crippen LogP contribution >= 0.6 is 8.03 Å². The number of hydrogen-bond donors (Lipinski definition) is 2. The molecule has 0 spiro atoms. The molecular weight excluding hydrogens is 261 g/mol. The number of benzene rings is 2. The predicted molar refractivity (Wildman–Crippen MR) is 74.9 cm³/mol. The highest BCUT2D eigenvalue weighted by atomic mass is 31.1. The molecule has 0 aliphatic rings. The van der Waals surface area contributed by atoms with Crippen molar-refractivity contribution in [2.24, 2.45) is 0 Å². The van der Waals surface area contributed by atoms with Crippen LogP contribution in [0.1, 0.15) is 15.9 Å². The molecule has 0 bridgehead atoms. The summed E-state index contributed by atoms with van der Waals surface area (Å²) in [6, 6.07) is 15.6. The van der Waals surface area contributed by atoms with Crippen LogP contribution in [0.15, 0.2) is 54.6 Å². The number of nitrogens with one attached hydrogen (secondary N) is 1. The average molecular weight is 275 g/mol. The van der Waals surface area contributed by atoms with E-state index in [2.05, 4.69) is 5.32 Å². The highest BCUT2D eigenvalue weighted by Crippen LogP contribution is 2.12. The monoisotopic (exact) mass is 275 g/mol. The normalized spacial score (nSPS) is 11.8. The van der Waals surface area contributed by atoms with E-state index in [1.807, 2.05) is 18.2 Å². The zero-order chi connectivity index (χ0) is 13.7. The van der Waals surface area contributed by atoms with E-state index in [9.17, 15) is 9.36 Å². The van der Waals surface area contributed by atoms with Gasteiger partial charge in [0, 0.05) is 17.4 Å². The van der Waals surface area contributed by atoms with E-state index in [1.165, 1.54) is 0 Å². The Kier molecular flexibility index (Phi) is 4.50. The third-order valence-corrected chi connectivity index (χ3v) is 3.52. The summed E-state index contributed by atoms with van der Waals surface area (Å²) in [7, 11) is -2.64. The molecule has 0 aliphatic heterocycles. The van der Waals surface area contributed by atoms with Crippen molar-refractivity contribution in [3.8, 4) is 0 Å². The topological polar surface area (TPSA) is 66.4 Å². The second-order valence-electron chi connectivity index (χ2n) is 4.05. The lowest BCUT2D eigenvalue weighted by atomic mass is 10.2. The average Bonchev–Trinajstić information content (AvgIpc) is 2.46. The summed E-state index contributed by atoms with van der Waals surface area (Å²) < 4.78 is 10.9. The number of rotatable bonds is 4. The van der Waals surface area contributed by atoms with Crippen molar-refractivity contribution in [3.63, 3.8) is 0 Å². The first-order chi connectivity index (χ1) is 9.16. The van der Waals surface area contributed by atoms with E-state index in [4.69, 9.17) is 4.89 Å². The van der Waals surface area contributed by atoms with Crippen molar-refractivity contribution < 1.29 is 14.3 Å². The fourth-order valence-electron chi connectivity index (χ4n) is 1.64. The summed E-state index contributed by atoms with van der Waals surface area (Å²) >= 11 is 0. The molecule has 4 nitrogen and oxygen atoms in total. The molecule has 0 aliphatic carbocycles. The van der Waals surface area contributed by atoms with Gasteiger partial charge < -0.3 is 10.2 Å². The molecule has 5 heteroatoms. The Hall–Kier alpha value is -1.90. The molecule has 0 radical (unpaired) electrons. The highest BCUT2D eigenvalue weighted by Gasteiger charge is 2.04. The zero-order valence-electron chi connectivity index (χ0n) is 10.2. The van der Waals surface area contributed by atoms with Crippen LogP contribution in [0.5, 0.6) is 0 Å². The van der Waals surface area contributed by atoms with Gasteiger partial charge in [-0.1, -0.05) is 30.3 Å². The van der Waals surface area contributed by atoms with Gasteiger partial charge in [-0.25, -0.2) is 0 Å². The van der Waals surface area contributed by atoms with E-state index in [-0.39, 0.29) is 5.91 Å². The van der Waals surface area contributed by atoms with Crippen LogP contribution in [0.3, 0.4) is 0 Å². The minimum Gasteiger partial charge on any atom is -0.348 e. The van der Waals surface area contributed by atoms with Crippen LogP contribution in [-0.4, -0.2) is 10.8 Å². The standard InChI is InChI=1S/C14H14NO3P/c16-14(12-4-2-1-3-5-12)15-10-11-6-8-13(9-7-11)19(17)18/h1-9,19H,10H2,(H,15,16)(H,17,18). The largest absolute Gasteiger partial charge is 0.348 e. The van der Waals surface area contributed by atoms with Crippen LogP contribution in [-0.2, 0) is 11.1 Å². The molecule has 2 aromatic carbocycles. The first-order valence-electron chi connectivity index (χ1n) is 5.82. The Bertz CT molecular complexity index is 581. The molecule has 0 heterocycles. The molecule has 0 saturated carbocycles. The summed E-state index contributed by atoms with van der Waals surface area (Å²) in [6.07, 6.45) is 0. The quantitative estimate of drug-likeness (QED) is 0.835. The fraction of sp³-hybridized carbons (Fsp3) is 0.0714.